The zero-order chi connectivity index (χ0) is 42.7. The van der Waals surface area contributed by atoms with Crippen LogP contribution in [0.2, 0.25) is 0 Å². The summed E-state index contributed by atoms with van der Waals surface area (Å²) in [4.78, 5) is 40.8. The first-order valence-corrected chi connectivity index (χ1v) is 21.5. The number of carbonyl (C=O) groups excluding carboxylic acids is 2. The number of phenols is 2. The third-order valence-corrected chi connectivity index (χ3v) is 10.7. The molecule has 1 aliphatic rings. The molecule has 14 nitrogen and oxygen atoms in total. The molecule has 4 rings (SSSR count). The van der Waals surface area contributed by atoms with Crippen LogP contribution in [-0.4, -0.2) is 79.9 Å². The third-order valence-electron chi connectivity index (χ3n) is 10.7. The monoisotopic (exact) mass is 828 g/mol. The molecule has 1 fully saturated rings. The zero-order valence-corrected chi connectivity index (χ0v) is 34.6. The van der Waals surface area contributed by atoms with E-state index in [0.717, 1.165) is 57.4 Å². The molecular formula is C45H64O14. The lowest BCUT2D eigenvalue weighted by Gasteiger charge is -2.39. The van der Waals surface area contributed by atoms with Crippen LogP contribution in [0, 0.1) is 0 Å². The summed E-state index contributed by atoms with van der Waals surface area (Å²) < 4.78 is 28.7. The van der Waals surface area contributed by atoms with Crippen LogP contribution >= 0.6 is 0 Å². The first kappa shape index (κ1) is 47.5. The van der Waals surface area contributed by atoms with E-state index in [2.05, 4.69) is 13.8 Å². The molecule has 2 aromatic carbocycles. The average Bonchev–Trinajstić information content (AvgIpc) is 3.21. The summed E-state index contributed by atoms with van der Waals surface area (Å²) in [6.07, 6.45) is 9.91. The summed E-state index contributed by atoms with van der Waals surface area (Å²) >= 11 is 0. The minimum Gasteiger partial charge on any atom is -0.508 e. The Morgan fingerprint density at radius 2 is 1.19 bits per heavy atom. The fourth-order valence-corrected chi connectivity index (χ4v) is 7.18. The summed E-state index contributed by atoms with van der Waals surface area (Å²) in [6, 6.07) is 6.54. The standard InChI is InChI=1S/C45H64O14/c1-3-5-7-9-11-13-15-17-19-21-34(48)58-43-32(56-45-42(54)41(53)38(50)33(28-46)57-45)27-31-37(40(43)52)39(51)36(29-23-25-30(47)26-24-29)44(55-31)59-35(49)22-20-18-16-14-12-10-8-6-4-2/h23-27,33,38,41-42,45-47,50,52-54H,3-22,28H2,1-2H3/t33?,38-,41?,42?,45-/m1/s1. The lowest BCUT2D eigenvalue weighted by Crippen LogP contribution is -2.60. The molecule has 1 aliphatic heterocycles. The maximum atomic E-state index is 14.4. The van der Waals surface area contributed by atoms with E-state index in [9.17, 15) is 45.0 Å². The van der Waals surface area contributed by atoms with Crippen LogP contribution in [0.15, 0.2) is 39.5 Å². The van der Waals surface area contributed by atoms with Gasteiger partial charge in [-0.15, -0.1) is 0 Å². The van der Waals surface area contributed by atoms with Crippen molar-refractivity contribution >= 4 is 22.9 Å². The fourth-order valence-electron chi connectivity index (χ4n) is 7.18. The lowest BCUT2D eigenvalue weighted by atomic mass is 9.99. The summed E-state index contributed by atoms with van der Waals surface area (Å²) in [6.45, 7) is 3.59. The van der Waals surface area contributed by atoms with Crippen molar-refractivity contribution in [1.29, 1.82) is 0 Å². The number of carbonyl (C=O) groups is 2. The highest BCUT2D eigenvalue weighted by molar-refractivity contribution is 5.94. The van der Waals surface area contributed by atoms with Crippen LogP contribution in [0.3, 0.4) is 0 Å². The number of aliphatic hydroxyl groups is 4. The van der Waals surface area contributed by atoms with Crippen LogP contribution in [0.1, 0.15) is 142 Å². The van der Waals surface area contributed by atoms with E-state index in [-0.39, 0.29) is 35.3 Å². The fraction of sp³-hybridized carbons (Fsp3) is 0.622. The number of benzene rings is 2. The van der Waals surface area contributed by atoms with Crippen LogP contribution in [0.5, 0.6) is 28.9 Å². The van der Waals surface area contributed by atoms with E-state index >= 15 is 0 Å². The van der Waals surface area contributed by atoms with E-state index in [1.165, 1.54) is 75.6 Å². The van der Waals surface area contributed by atoms with Gasteiger partial charge in [0.1, 0.15) is 46.7 Å². The quantitative estimate of drug-likeness (QED) is 0.0259. The van der Waals surface area contributed by atoms with Crippen molar-refractivity contribution in [1.82, 2.24) is 0 Å². The molecule has 0 saturated carbocycles. The molecule has 1 saturated heterocycles. The van der Waals surface area contributed by atoms with Gasteiger partial charge in [-0.05, 0) is 30.5 Å². The number of aromatic hydroxyl groups is 2. The van der Waals surface area contributed by atoms with Gasteiger partial charge in [-0.25, -0.2) is 0 Å². The molecule has 59 heavy (non-hydrogen) atoms. The molecule has 328 valence electrons. The molecule has 1 aromatic heterocycles. The Kier molecular flexibility index (Phi) is 19.9. The van der Waals surface area contributed by atoms with E-state index in [1.807, 2.05) is 0 Å². The normalized spacial score (nSPS) is 19.2. The van der Waals surface area contributed by atoms with E-state index < -0.39 is 83.3 Å². The van der Waals surface area contributed by atoms with Crippen molar-refractivity contribution in [2.75, 3.05) is 6.61 Å². The van der Waals surface area contributed by atoms with Crippen molar-refractivity contribution in [3.8, 4) is 40.1 Å². The Morgan fingerprint density at radius 1 is 0.678 bits per heavy atom. The predicted octanol–water partition coefficient (Wildman–Crippen LogP) is 7.70. The van der Waals surface area contributed by atoms with Gasteiger partial charge in [-0.1, -0.05) is 129 Å². The first-order chi connectivity index (χ1) is 28.5. The Hall–Kier alpha value is -4.21. The Balaban J connectivity index is 1.64. The maximum absolute atomic E-state index is 14.4. The number of phenolic OH excluding ortho intramolecular Hbond substituents is 2. The molecule has 2 heterocycles. The summed E-state index contributed by atoms with van der Waals surface area (Å²) in [5, 5.41) is 62.5. The van der Waals surface area contributed by atoms with E-state index in [1.54, 1.807) is 0 Å². The number of rotatable bonds is 26. The van der Waals surface area contributed by atoms with Crippen molar-refractivity contribution in [2.45, 2.75) is 173 Å². The van der Waals surface area contributed by atoms with Gasteiger partial charge in [0, 0.05) is 18.9 Å². The van der Waals surface area contributed by atoms with Crippen LogP contribution in [-0.2, 0) is 14.3 Å². The molecule has 0 bridgehead atoms. The molecule has 0 aliphatic carbocycles. The number of hydrogen-bond acceptors (Lipinski definition) is 14. The van der Waals surface area contributed by atoms with Crippen molar-refractivity contribution in [3.63, 3.8) is 0 Å². The molecule has 14 heteroatoms. The number of aliphatic hydroxyl groups excluding tert-OH is 4. The van der Waals surface area contributed by atoms with Crippen molar-refractivity contribution in [3.05, 3.63) is 40.6 Å². The SMILES string of the molecule is CCCCCCCCCCCC(=O)Oc1oc2cc(O[C@@H]3OC(CO)[C@@H](O)C(O)C3O)c(OC(=O)CCCCCCCCCCC)c(O)c2c(=O)c1-c1ccc(O)cc1. The van der Waals surface area contributed by atoms with Gasteiger partial charge in [0.15, 0.2) is 11.5 Å². The van der Waals surface area contributed by atoms with Crippen molar-refractivity contribution < 1.29 is 63.6 Å². The smallest absolute Gasteiger partial charge is 0.313 e. The average molecular weight is 829 g/mol. The Labute approximate surface area is 346 Å². The number of fused-ring (bicyclic) bond motifs is 1. The summed E-state index contributed by atoms with van der Waals surface area (Å²) in [5.74, 6) is -3.97. The molecule has 3 aromatic rings. The minimum absolute atomic E-state index is 0.0337. The molecule has 5 atom stereocenters. The second kappa shape index (κ2) is 24.8. The summed E-state index contributed by atoms with van der Waals surface area (Å²) in [7, 11) is 0. The number of hydrogen-bond donors (Lipinski definition) is 6. The van der Waals surface area contributed by atoms with Gasteiger partial charge in [0.2, 0.25) is 17.5 Å². The van der Waals surface area contributed by atoms with Gasteiger partial charge >= 0.3 is 17.9 Å². The van der Waals surface area contributed by atoms with E-state index in [0.29, 0.717) is 12.8 Å². The van der Waals surface area contributed by atoms with Crippen molar-refractivity contribution in [2.24, 2.45) is 0 Å². The first-order valence-electron chi connectivity index (χ1n) is 21.5. The largest absolute Gasteiger partial charge is 0.508 e. The molecule has 0 spiro atoms. The highest BCUT2D eigenvalue weighted by atomic mass is 16.7. The van der Waals surface area contributed by atoms with Crippen LogP contribution < -0.4 is 19.6 Å². The third kappa shape index (κ3) is 13.9. The molecule has 0 amide bonds. The van der Waals surface area contributed by atoms with Gasteiger partial charge in [-0.3, -0.25) is 14.4 Å². The lowest BCUT2D eigenvalue weighted by molar-refractivity contribution is -0.277. The zero-order valence-electron chi connectivity index (χ0n) is 34.6. The Morgan fingerprint density at radius 3 is 1.71 bits per heavy atom. The minimum atomic E-state index is -1.88. The maximum Gasteiger partial charge on any atom is 0.313 e. The molecule has 6 N–H and O–H groups in total. The van der Waals surface area contributed by atoms with Gasteiger partial charge in [0.05, 0.1) is 6.61 Å². The van der Waals surface area contributed by atoms with Gasteiger partial charge in [-0.2, -0.15) is 0 Å². The topological polar surface area (TPSA) is 223 Å². The summed E-state index contributed by atoms with van der Waals surface area (Å²) in [5.41, 5.74) is -1.28. The van der Waals surface area contributed by atoms with Gasteiger partial charge in [0.25, 0.3) is 0 Å². The van der Waals surface area contributed by atoms with Gasteiger partial charge < -0.3 is 54.0 Å². The van der Waals surface area contributed by atoms with Crippen LogP contribution in [0.4, 0.5) is 0 Å². The Bertz CT molecular complexity index is 1800. The second-order valence-corrected chi connectivity index (χ2v) is 15.5. The second-order valence-electron chi connectivity index (χ2n) is 15.5. The highest BCUT2D eigenvalue weighted by Crippen LogP contribution is 2.45. The number of unbranched alkanes of at least 4 members (excludes halogenated alkanes) is 16. The number of esters is 2. The molecule has 0 radical (unpaired) electrons. The van der Waals surface area contributed by atoms with E-state index in [4.69, 9.17) is 23.4 Å². The molecule has 3 unspecified atom stereocenters. The highest BCUT2D eigenvalue weighted by Gasteiger charge is 2.45. The predicted molar refractivity (Wildman–Crippen MR) is 221 cm³/mol. The van der Waals surface area contributed by atoms with Crippen LogP contribution in [0.25, 0.3) is 22.1 Å². The number of ether oxygens (including phenoxy) is 4. The molecular weight excluding hydrogens is 764 g/mol.